The lowest BCUT2D eigenvalue weighted by Crippen LogP contribution is -2.32. The van der Waals surface area contributed by atoms with Gasteiger partial charge in [-0.3, -0.25) is 19.7 Å². The predicted octanol–water partition coefficient (Wildman–Crippen LogP) is 3.00. The third kappa shape index (κ3) is 2.79. The average molecular weight is 445 g/mol. The van der Waals surface area contributed by atoms with E-state index in [4.69, 9.17) is 4.42 Å². The number of nitro benzene ring substituents is 1. The van der Waals surface area contributed by atoms with E-state index in [2.05, 4.69) is 15.9 Å². The Hall–Kier alpha value is -3.04. The molecule has 1 unspecified atom stereocenters. The molecule has 0 aliphatic carbocycles. The van der Waals surface area contributed by atoms with Crippen molar-refractivity contribution in [3.05, 3.63) is 84.2 Å². The molecule has 9 heteroatoms. The van der Waals surface area contributed by atoms with E-state index >= 15 is 0 Å². The number of benzene rings is 2. The Kier molecular flexibility index (Phi) is 4.48. The average Bonchev–Trinajstić information content (AvgIpc) is 2.95. The van der Waals surface area contributed by atoms with Crippen molar-refractivity contribution in [2.45, 2.75) is 6.04 Å². The molecule has 8 nitrogen and oxygen atoms in total. The minimum atomic E-state index is -0.880. The first kappa shape index (κ1) is 18.3. The van der Waals surface area contributed by atoms with Gasteiger partial charge in [-0.2, -0.15) is 0 Å². The van der Waals surface area contributed by atoms with E-state index in [0.29, 0.717) is 15.4 Å². The van der Waals surface area contributed by atoms with E-state index in [9.17, 15) is 24.8 Å². The van der Waals surface area contributed by atoms with Crippen molar-refractivity contribution in [2.24, 2.45) is 0 Å². The molecule has 1 aromatic heterocycles. The van der Waals surface area contributed by atoms with Gasteiger partial charge in [-0.25, -0.2) is 0 Å². The Balaban J connectivity index is 2.01. The zero-order chi connectivity index (χ0) is 20.0. The van der Waals surface area contributed by atoms with E-state index in [-0.39, 0.29) is 41.2 Å². The number of fused-ring (bicyclic) bond motifs is 2. The van der Waals surface area contributed by atoms with E-state index < -0.39 is 16.9 Å². The Labute approximate surface area is 166 Å². The molecule has 0 saturated carbocycles. The molecule has 1 amide bonds. The number of aliphatic hydroxyl groups excluding tert-OH is 1. The Morgan fingerprint density at radius 2 is 2.00 bits per heavy atom. The third-order valence-electron chi connectivity index (χ3n) is 4.67. The van der Waals surface area contributed by atoms with Gasteiger partial charge in [0, 0.05) is 23.2 Å². The molecule has 1 atom stereocenters. The van der Waals surface area contributed by atoms with Crippen molar-refractivity contribution >= 4 is 38.5 Å². The number of halogens is 1. The number of non-ortho nitro benzene ring substituents is 1. The highest BCUT2D eigenvalue weighted by atomic mass is 79.9. The monoisotopic (exact) mass is 444 g/mol. The molecule has 28 heavy (non-hydrogen) atoms. The summed E-state index contributed by atoms with van der Waals surface area (Å²) >= 11 is 3.32. The van der Waals surface area contributed by atoms with Crippen molar-refractivity contribution in [3.8, 4) is 0 Å². The maximum atomic E-state index is 13.2. The summed E-state index contributed by atoms with van der Waals surface area (Å²) in [5.41, 5.74) is 0.239. The Bertz CT molecular complexity index is 1190. The fraction of sp³-hybridized carbons (Fsp3) is 0.158. The predicted molar refractivity (Wildman–Crippen MR) is 103 cm³/mol. The number of rotatable bonds is 4. The fourth-order valence-corrected chi connectivity index (χ4v) is 3.85. The summed E-state index contributed by atoms with van der Waals surface area (Å²) in [6.45, 7) is -0.375. The minimum absolute atomic E-state index is 0.0458. The molecule has 0 spiro atoms. The van der Waals surface area contributed by atoms with Crippen LogP contribution in [0.15, 0.2) is 56.1 Å². The number of β-amino-alcohol motifs (C(OH)–C–C–N with tert-alkyl or cyclic N) is 1. The zero-order valence-electron chi connectivity index (χ0n) is 14.3. The molecule has 1 aliphatic rings. The summed E-state index contributed by atoms with van der Waals surface area (Å²) in [4.78, 5) is 38.0. The molecule has 0 saturated heterocycles. The van der Waals surface area contributed by atoms with Crippen LogP contribution in [0, 0.1) is 10.1 Å². The zero-order valence-corrected chi connectivity index (χ0v) is 15.9. The first-order chi connectivity index (χ1) is 13.4. The molecule has 4 rings (SSSR count). The molecule has 0 bridgehead atoms. The van der Waals surface area contributed by atoms with Crippen molar-refractivity contribution in [1.29, 1.82) is 0 Å². The van der Waals surface area contributed by atoms with E-state index in [1.54, 1.807) is 24.3 Å². The summed E-state index contributed by atoms with van der Waals surface area (Å²) in [5, 5.41) is 20.9. The number of hydrogen-bond acceptors (Lipinski definition) is 6. The second-order valence-electron chi connectivity index (χ2n) is 6.29. The molecule has 0 radical (unpaired) electrons. The van der Waals surface area contributed by atoms with Crippen LogP contribution in [0.25, 0.3) is 11.0 Å². The van der Waals surface area contributed by atoms with Gasteiger partial charge in [0.2, 0.25) is 5.76 Å². The lowest BCUT2D eigenvalue weighted by atomic mass is 9.98. The summed E-state index contributed by atoms with van der Waals surface area (Å²) in [6.07, 6.45) is 0. The highest BCUT2D eigenvalue weighted by molar-refractivity contribution is 9.10. The van der Waals surface area contributed by atoms with Crippen molar-refractivity contribution in [3.63, 3.8) is 0 Å². The normalized spacial score (nSPS) is 15.9. The maximum Gasteiger partial charge on any atom is 0.290 e. The van der Waals surface area contributed by atoms with Crippen LogP contribution in [0.4, 0.5) is 5.69 Å². The van der Waals surface area contributed by atoms with Gasteiger partial charge in [0.25, 0.3) is 11.6 Å². The lowest BCUT2D eigenvalue weighted by molar-refractivity contribution is -0.384. The van der Waals surface area contributed by atoms with Gasteiger partial charge in [-0.05, 0) is 23.8 Å². The van der Waals surface area contributed by atoms with E-state index in [0.717, 1.165) is 0 Å². The molecular formula is C19H13BrN2O6. The number of nitrogens with zero attached hydrogens (tertiary/aromatic N) is 2. The standard InChI is InChI=1S/C19H13BrN2O6/c20-11-4-5-14-13(9-11)17(24)15-16(10-2-1-3-12(8-10)22(26)27)21(6-7-23)19(25)18(15)28-14/h1-5,8-9,16,23H,6-7H2. The fourth-order valence-electron chi connectivity index (χ4n) is 3.49. The van der Waals surface area contributed by atoms with Crippen LogP contribution < -0.4 is 5.43 Å². The third-order valence-corrected chi connectivity index (χ3v) is 5.16. The van der Waals surface area contributed by atoms with Gasteiger partial charge in [-0.15, -0.1) is 0 Å². The van der Waals surface area contributed by atoms with Crippen LogP contribution in [-0.2, 0) is 0 Å². The maximum absolute atomic E-state index is 13.2. The number of amides is 1. The molecule has 1 aliphatic heterocycles. The summed E-state index contributed by atoms with van der Waals surface area (Å²) in [5.74, 6) is -0.646. The first-order valence-corrected chi connectivity index (χ1v) is 9.14. The van der Waals surface area contributed by atoms with Crippen LogP contribution >= 0.6 is 15.9 Å². The first-order valence-electron chi connectivity index (χ1n) is 8.35. The summed E-state index contributed by atoms with van der Waals surface area (Å²) in [7, 11) is 0. The van der Waals surface area contributed by atoms with E-state index in [1.165, 1.54) is 23.1 Å². The number of carbonyl (C=O) groups is 1. The number of nitro groups is 1. The number of carbonyl (C=O) groups excluding carboxylic acids is 1. The largest absolute Gasteiger partial charge is 0.450 e. The molecule has 2 heterocycles. The summed E-state index contributed by atoms with van der Waals surface area (Å²) in [6, 6.07) is 9.76. The summed E-state index contributed by atoms with van der Waals surface area (Å²) < 4.78 is 6.41. The molecule has 142 valence electrons. The van der Waals surface area contributed by atoms with Gasteiger partial charge in [-0.1, -0.05) is 28.1 Å². The van der Waals surface area contributed by atoms with Crippen LogP contribution in [0.3, 0.4) is 0 Å². The van der Waals surface area contributed by atoms with E-state index in [1.807, 2.05) is 0 Å². The second kappa shape index (κ2) is 6.84. The van der Waals surface area contributed by atoms with Gasteiger partial charge in [0.05, 0.1) is 28.5 Å². The smallest absolute Gasteiger partial charge is 0.290 e. The van der Waals surface area contributed by atoms with Gasteiger partial charge in [0.15, 0.2) is 5.43 Å². The highest BCUT2D eigenvalue weighted by Gasteiger charge is 2.42. The van der Waals surface area contributed by atoms with Gasteiger partial charge in [0.1, 0.15) is 5.58 Å². The van der Waals surface area contributed by atoms with Crippen LogP contribution in [0.5, 0.6) is 0 Å². The molecule has 2 aromatic carbocycles. The lowest BCUT2D eigenvalue weighted by Gasteiger charge is -2.24. The minimum Gasteiger partial charge on any atom is -0.450 e. The van der Waals surface area contributed by atoms with Crippen molar-refractivity contribution in [1.82, 2.24) is 4.90 Å². The SMILES string of the molecule is O=C1c2oc3ccc(Br)cc3c(=O)c2C(c2cccc([N+](=O)[O-])c2)N1CCO. The highest BCUT2D eigenvalue weighted by Crippen LogP contribution is 2.38. The topological polar surface area (TPSA) is 114 Å². The Morgan fingerprint density at radius 3 is 2.71 bits per heavy atom. The van der Waals surface area contributed by atoms with Crippen molar-refractivity contribution < 1.29 is 19.2 Å². The van der Waals surface area contributed by atoms with Gasteiger partial charge < -0.3 is 14.4 Å². The Morgan fingerprint density at radius 1 is 1.21 bits per heavy atom. The van der Waals surface area contributed by atoms with Gasteiger partial charge >= 0.3 is 0 Å². The quantitative estimate of drug-likeness (QED) is 0.488. The van der Waals surface area contributed by atoms with Crippen LogP contribution in [0.1, 0.15) is 27.7 Å². The van der Waals surface area contributed by atoms with Crippen molar-refractivity contribution in [2.75, 3.05) is 13.2 Å². The number of aliphatic hydroxyl groups is 1. The molecule has 0 fully saturated rings. The molecular weight excluding hydrogens is 432 g/mol. The van der Waals surface area contributed by atoms with Crippen LogP contribution in [-0.4, -0.2) is 34.0 Å². The molecule has 3 aromatic rings. The van der Waals surface area contributed by atoms with Crippen LogP contribution in [0.2, 0.25) is 0 Å². The number of hydrogen-bond donors (Lipinski definition) is 1. The molecule has 1 N–H and O–H groups in total. The second-order valence-corrected chi connectivity index (χ2v) is 7.21.